The molecule has 0 spiro atoms. The Morgan fingerprint density at radius 1 is 0.820 bits per heavy atom. The van der Waals surface area contributed by atoms with Crippen LogP contribution in [0.25, 0.3) is 0 Å². The Labute approximate surface area is 388 Å². The zero-order valence-electron chi connectivity index (χ0n) is 35.0. The van der Waals surface area contributed by atoms with Gasteiger partial charge in [-0.25, -0.2) is 10.0 Å². The van der Waals surface area contributed by atoms with Gasteiger partial charge in [0, 0.05) is 28.6 Å². The number of nitrogens with one attached hydrogen (secondary N) is 2. The van der Waals surface area contributed by atoms with E-state index in [1.54, 1.807) is 34.6 Å². The Morgan fingerprint density at radius 3 is 2.10 bits per heavy atom. The molecule has 0 aromatic heterocycles. The summed E-state index contributed by atoms with van der Waals surface area (Å²) < 4.78 is 21.6. The summed E-state index contributed by atoms with van der Waals surface area (Å²) in [5.41, 5.74) is 5.85. The maximum Gasteiger partial charge on any atom is 0.318 e. The first-order valence-electron chi connectivity index (χ1n) is 21.1. The number of hydrazine groups is 1. The van der Waals surface area contributed by atoms with E-state index >= 15 is 0 Å². The number of benzene rings is 4. The zero-order valence-corrected chi connectivity index (χ0v) is 39.6. The molecule has 2 N–H and O–H groups in total. The smallest absolute Gasteiger partial charge is 0.318 e. The van der Waals surface area contributed by atoms with Crippen LogP contribution in [0.1, 0.15) is 109 Å². The standard InChI is InChI=1S/C46H55Cl4N5O4S2/c1-4-6-8-9-10-11-12-13-14-15-16-21-42(56)51-34-24-27-36(48)39(31-34)52-45-44(46(57)55(53-45)43-37(49)29-33(47)30-38(43)50)60-41-20-18-17-19-40(41)54(28-7-5-2)61(58)59-35-25-22-32(3)23-26-35/h17-20,22-27,29-31,44H,4-16,21,28H2,1-3H3,(H,51,56)(H,52,53). The van der Waals surface area contributed by atoms with E-state index in [4.69, 9.17) is 55.6 Å². The fourth-order valence-electron chi connectivity index (χ4n) is 6.73. The van der Waals surface area contributed by atoms with Crippen molar-refractivity contribution in [3.8, 4) is 5.75 Å². The molecule has 9 nitrogen and oxygen atoms in total. The summed E-state index contributed by atoms with van der Waals surface area (Å²) in [6, 6.07) is 22.8. The molecule has 2 amide bonds. The molecule has 1 fully saturated rings. The number of nitrogens with zero attached hydrogens (tertiary/aromatic N) is 3. The number of amidine groups is 1. The zero-order chi connectivity index (χ0) is 43.7. The summed E-state index contributed by atoms with van der Waals surface area (Å²) in [6.07, 6.45) is 15.3. The van der Waals surface area contributed by atoms with E-state index in [1.165, 1.54) is 80.3 Å². The van der Waals surface area contributed by atoms with Crippen LogP contribution in [0.4, 0.5) is 22.7 Å². The number of aryl methyl sites for hydroxylation is 1. The molecule has 4 aromatic carbocycles. The van der Waals surface area contributed by atoms with Crippen LogP contribution in [0.2, 0.25) is 20.1 Å². The van der Waals surface area contributed by atoms with Crippen molar-refractivity contribution in [1.29, 1.82) is 0 Å². The summed E-state index contributed by atoms with van der Waals surface area (Å²) >= 11 is 25.6. The Bertz CT molecular complexity index is 2120. The number of amides is 2. The van der Waals surface area contributed by atoms with Crippen molar-refractivity contribution in [2.45, 2.75) is 121 Å². The van der Waals surface area contributed by atoms with E-state index in [0.29, 0.717) is 50.7 Å². The lowest BCUT2D eigenvalue weighted by atomic mass is 10.1. The van der Waals surface area contributed by atoms with E-state index < -0.39 is 22.4 Å². The van der Waals surface area contributed by atoms with Crippen LogP contribution >= 0.6 is 58.2 Å². The average Bonchev–Trinajstić information content (AvgIpc) is 3.52. The number of aliphatic imine (C=N–C) groups is 1. The van der Waals surface area contributed by atoms with Crippen molar-refractivity contribution in [2.75, 3.05) is 21.2 Å². The first-order chi connectivity index (χ1) is 29.5. The van der Waals surface area contributed by atoms with E-state index in [0.717, 1.165) is 37.7 Å². The van der Waals surface area contributed by atoms with Crippen LogP contribution < -0.4 is 24.2 Å². The van der Waals surface area contributed by atoms with Gasteiger partial charge in [0.05, 0.1) is 26.4 Å². The molecule has 0 saturated carbocycles. The van der Waals surface area contributed by atoms with Crippen LogP contribution in [-0.4, -0.2) is 33.7 Å². The van der Waals surface area contributed by atoms with E-state index in [2.05, 4.69) is 24.6 Å². The van der Waals surface area contributed by atoms with Gasteiger partial charge in [-0.3, -0.25) is 19.3 Å². The molecule has 61 heavy (non-hydrogen) atoms. The number of hydrogen-bond donors (Lipinski definition) is 2. The molecule has 1 aliphatic heterocycles. The van der Waals surface area contributed by atoms with Crippen LogP contribution in [0.3, 0.4) is 0 Å². The Morgan fingerprint density at radius 2 is 1.44 bits per heavy atom. The predicted molar refractivity (Wildman–Crippen MR) is 259 cm³/mol. The van der Waals surface area contributed by atoms with Gasteiger partial charge in [-0.1, -0.05) is 161 Å². The van der Waals surface area contributed by atoms with E-state index in [-0.39, 0.29) is 27.5 Å². The topological polar surface area (TPSA) is 103 Å². The van der Waals surface area contributed by atoms with Crippen molar-refractivity contribution in [2.24, 2.45) is 4.99 Å². The maximum absolute atomic E-state index is 14.5. The normalized spacial score (nSPS) is 14.9. The number of carbonyl (C=O) groups excluding carboxylic acids is 2. The highest BCUT2D eigenvalue weighted by Crippen LogP contribution is 2.42. The molecule has 1 aliphatic rings. The lowest BCUT2D eigenvalue weighted by Gasteiger charge is -2.25. The molecule has 2 unspecified atom stereocenters. The van der Waals surface area contributed by atoms with Gasteiger partial charge in [-0.15, -0.1) is 11.8 Å². The van der Waals surface area contributed by atoms with Crippen LogP contribution in [0, 0.1) is 6.92 Å². The SMILES string of the molecule is CCCCCCCCCCCCCC(=O)Nc1ccc(Cl)c(N=C2NN(c3c(Cl)cc(Cl)cc3Cl)C(=O)C2Sc2ccccc2N(CCCC)S(=O)Oc2ccc(C)cc2)c1. The predicted octanol–water partition coefficient (Wildman–Crippen LogP) is 14.3. The summed E-state index contributed by atoms with van der Waals surface area (Å²) in [5, 5.41) is 4.19. The van der Waals surface area contributed by atoms with E-state index in [9.17, 15) is 13.8 Å². The number of unbranched alkanes of at least 4 members (excludes halogenated alkanes) is 11. The second-order valence-electron chi connectivity index (χ2n) is 15.0. The number of hydrogen-bond acceptors (Lipinski definition) is 6. The van der Waals surface area contributed by atoms with E-state index in [1.807, 2.05) is 43.3 Å². The number of carbonyl (C=O) groups is 2. The fraction of sp³-hybridized carbons (Fsp3) is 0.413. The summed E-state index contributed by atoms with van der Waals surface area (Å²) in [7, 11) is 0. The summed E-state index contributed by atoms with van der Waals surface area (Å²) in [4.78, 5) is 33.1. The minimum atomic E-state index is -1.91. The highest BCUT2D eigenvalue weighted by Gasteiger charge is 2.42. The molecule has 0 radical (unpaired) electrons. The lowest BCUT2D eigenvalue weighted by Crippen LogP contribution is -2.36. The van der Waals surface area contributed by atoms with Crippen LogP contribution in [0.5, 0.6) is 5.75 Å². The van der Waals surface area contributed by atoms with Gasteiger partial charge < -0.3 is 9.50 Å². The number of thioether (sulfide) groups is 1. The molecule has 0 aliphatic carbocycles. The Hall–Kier alpha value is -3.45. The highest BCUT2D eigenvalue weighted by atomic mass is 35.5. The number of para-hydroxylation sites is 1. The molecule has 0 bridgehead atoms. The Balaban J connectivity index is 1.36. The van der Waals surface area contributed by atoms with Crippen LogP contribution in [-0.2, 0) is 20.9 Å². The highest BCUT2D eigenvalue weighted by molar-refractivity contribution is 8.01. The van der Waals surface area contributed by atoms with Gasteiger partial charge in [-0.2, -0.15) is 4.21 Å². The molecule has 2 atom stereocenters. The van der Waals surface area contributed by atoms with Crippen molar-refractivity contribution in [1.82, 2.24) is 5.43 Å². The minimum Gasteiger partial charge on any atom is -0.385 e. The quantitative estimate of drug-likeness (QED) is 0.0678. The second-order valence-corrected chi connectivity index (χ2v) is 18.9. The second kappa shape index (κ2) is 25.0. The first-order valence-corrected chi connectivity index (χ1v) is 24.5. The largest absolute Gasteiger partial charge is 0.385 e. The number of halogens is 4. The van der Waals surface area contributed by atoms with Crippen molar-refractivity contribution in [3.05, 3.63) is 105 Å². The summed E-state index contributed by atoms with van der Waals surface area (Å²) in [5.74, 6) is 0.187. The molecule has 1 saturated heterocycles. The number of rotatable bonds is 24. The third-order valence-corrected chi connectivity index (χ3v) is 13.5. The summed E-state index contributed by atoms with van der Waals surface area (Å²) in [6.45, 7) is 6.70. The average molecular weight is 948 g/mol. The monoisotopic (exact) mass is 945 g/mol. The molecule has 15 heteroatoms. The van der Waals surface area contributed by atoms with Crippen molar-refractivity contribution < 1.29 is 18.0 Å². The molecule has 1 heterocycles. The molecule has 328 valence electrons. The van der Waals surface area contributed by atoms with Crippen molar-refractivity contribution in [3.63, 3.8) is 0 Å². The van der Waals surface area contributed by atoms with Gasteiger partial charge in [0.2, 0.25) is 5.91 Å². The first kappa shape index (κ1) is 48.6. The lowest BCUT2D eigenvalue weighted by molar-refractivity contribution is -0.117. The molecule has 5 rings (SSSR count). The van der Waals surface area contributed by atoms with Gasteiger partial charge in [0.1, 0.15) is 22.5 Å². The fourth-order valence-corrected chi connectivity index (χ4v) is 10.0. The Kier molecular flexibility index (Phi) is 19.9. The molecular formula is C46H55Cl4N5O4S2. The minimum absolute atomic E-state index is 0.0920. The third-order valence-electron chi connectivity index (χ3n) is 10.1. The van der Waals surface area contributed by atoms with Gasteiger partial charge >= 0.3 is 11.3 Å². The molecule has 4 aromatic rings. The van der Waals surface area contributed by atoms with Gasteiger partial charge in [0.25, 0.3) is 5.91 Å². The molecular weight excluding hydrogens is 892 g/mol. The number of anilines is 3. The third kappa shape index (κ3) is 14.5. The van der Waals surface area contributed by atoms with Crippen molar-refractivity contribution >= 4 is 110 Å². The van der Waals surface area contributed by atoms with Crippen LogP contribution in [0.15, 0.2) is 88.8 Å². The maximum atomic E-state index is 14.5. The van der Waals surface area contributed by atoms with Gasteiger partial charge in [-0.05, 0) is 74.4 Å². The van der Waals surface area contributed by atoms with Gasteiger partial charge in [0.15, 0.2) is 0 Å².